The molecule has 0 N–H and O–H groups in total. The molecule has 1 saturated carbocycles. The molecule has 1 aliphatic heterocycles. The van der Waals surface area contributed by atoms with Crippen molar-refractivity contribution in [2.45, 2.75) is 31.5 Å². The normalized spacial score (nSPS) is 24.5. The Kier molecular flexibility index (Phi) is 1.78. The minimum Gasteiger partial charge on any atom is -0.269 e. The third-order valence-corrected chi connectivity index (χ3v) is 2.78. The highest BCUT2D eigenvalue weighted by Crippen LogP contribution is 2.54. The molecular formula is C9H8F3NO2. The van der Waals surface area contributed by atoms with Crippen molar-refractivity contribution < 1.29 is 22.8 Å². The summed E-state index contributed by atoms with van der Waals surface area (Å²) in [6, 6.07) is 0. The average molecular weight is 219 g/mol. The number of carbonyl (C=O) groups is 2. The van der Waals surface area contributed by atoms with Gasteiger partial charge in [0.15, 0.2) is 0 Å². The smallest absolute Gasteiger partial charge is 0.269 e. The van der Waals surface area contributed by atoms with Crippen molar-refractivity contribution in [1.82, 2.24) is 4.90 Å². The van der Waals surface area contributed by atoms with Crippen LogP contribution in [0, 0.1) is 0 Å². The number of alkyl halides is 3. The van der Waals surface area contributed by atoms with E-state index in [4.69, 9.17) is 0 Å². The van der Waals surface area contributed by atoms with Crippen molar-refractivity contribution in [3.8, 4) is 0 Å². The number of hydrogen-bond donors (Lipinski definition) is 0. The number of amides is 2. The Balaban J connectivity index is 2.35. The standard InChI is InChI=1S/C9H8F3NO2/c1-5-4-6(14)13(7(5)15)8(2-3-8)9(10,11)12/h4H,2-3H2,1H3. The SMILES string of the molecule is CC1=CC(=O)N(C2(C(F)(F)F)CC2)C1=O. The summed E-state index contributed by atoms with van der Waals surface area (Å²) in [4.78, 5) is 23.0. The molecule has 1 aliphatic carbocycles. The molecule has 0 unspecified atom stereocenters. The molecule has 82 valence electrons. The number of hydrogen-bond acceptors (Lipinski definition) is 2. The Hall–Kier alpha value is -1.33. The van der Waals surface area contributed by atoms with Gasteiger partial charge < -0.3 is 0 Å². The van der Waals surface area contributed by atoms with Crippen LogP contribution in [0.15, 0.2) is 11.6 Å². The molecule has 0 atom stereocenters. The van der Waals surface area contributed by atoms with Gasteiger partial charge in [-0.3, -0.25) is 14.5 Å². The predicted molar refractivity (Wildman–Crippen MR) is 43.6 cm³/mol. The molecule has 0 aromatic rings. The maximum absolute atomic E-state index is 12.7. The van der Waals surface area contributed by atoms with Gasteiger partial charge in [0.2, 0.25) is 0 Å². The number of imide groups is 1. The van der Waals surface area contributed by atoms with Crippen LogP contribution in [0.5, 0.6) is 0 Å². The summed E-state index contributed by atoms with van der Waals surface area (Å²) in [6.45, 7) is 1.34. The highest BCUT2D eigenvalue weighted by Gasteiger charge is 2.70. The van der Waals surface area contributed by atoms with Gasteiger partial charge in [0.1, 0.15) is 5.54 Å². The second-order valence-electron chi connectivity index (χ2n) is 3.84. The largest absolute Gasteiger partial charge is 0.412 e. The minimum atomic E-state index is -4.53. The van der Waals surface area contributed by atoms with Crippen molar-refractivity contribution in [3.63, 3.8) is 0 Å². The van der Waals surface area contributed by atoms with Gasteiger partial charge in [-0.2, -0.15) is 13.2 Å². The maximum atomic E-state index is 12.7. The van der Waals surface area contributed by atoms with Crippen LogP contribution in [0.4, 0.5) is 13.2 Å². The van der Waals surface area contributed by atoms with Crippen LogP contribution in [0.25, 0.3) is 0 Å². The lowest BCUT2D eigenvalue weighted by molar-refractivity contribution is -0.199. The molecule has 15 heavy (non-hydrogen) atoms. The van der Waals surface area contributed by atoms with Gasteiger partial charge >= 0.3 is 6.18 Å². The Morgan fingerprint density at radius 1 is 1.33 bits per heavy atom. The molecule has 0 spiro atoms. The monoisotopic (exact) mass is 219 g/mol. The molecule has 0 aromatic heterocycles. The molecule has 2 amide bonds. The van der Waals surface area contributed by atoms with Gasteiger partial charge in [-0.05, 0) is 19.8 Å². The van der Waals surface area contributed by atoms with E-state index in [1.165, 1.54) is 6.92 Å². The second-order valence-corrected chi connectivity index (χ2v) is 3.84. The van der Waals surface area contributed by atoms with Gasteiger partial charge in [0.05, 0.1) is 0 Å². The molecule has 6 heteroatoms. The zero-order chi connectivity index (χ0) is 11.4. The number of rotatable bonds is 1. The first-order chi connectivity index (χ1) is 6.79. The molecular weight excluding hydrogens is 211 g/mol. The van der Waals surface area contributed by atoms with Gasteiger partial charge in [0.25, 0.3) is 11.8 Å². The first-order valence-corrected chi connectivity index (χ1v) is 4.43. The van der Waals surface area contributed by atoms with Gasteiger partial charge in [-0.15, -0.1) is 0 Å². The summed E-state index contributed by atoms with van der Waals surface area (Å²) in [5.41, 5.74) is -2.16. The highest BCUT2D eigenvalue weighted by atomic mass is 19.4. The second kappa shape index (κ2) is 2.62. The van der Waals surface area contributed by atoms with E-state index in [-0.39, 0.29) is 18.4 Å². The molecule has 1 fully saturated rings. The average Bonchev–Trinajstić information content (AvgIpc) is 2.79. The van der Waals surface area contributed by atoms with Gasteiger partial charge in [0, 0.05) is 11.6 Å². The molecule has 0 aromatic carbocycles. The first kappa shape index (κ1) is 10.2. The van der Waals surface area contributed by atoms with Crippen molar-refractivity contribution in [1.29, 1.82) is 0 Å². The zero-order valence-corrected chi connectivity index (χ0v) is 7.89. The highest BCUT2D eigenvalue weighted by molar-refractivity contribution is 6.16. The topological polar surface area (TPSA) is 37.4 Å². The maximum Gasteiger partial charge on any atom is 0.412 e. The van der Waals surface area contributed by atoms with Crippen LogP contribution < -0.4 is 0 Å². The van der Waals surface area contributed by atoms with Crippen molar-refractivity contribution in [3.05, 3.63) is 11.6 Å². The fraction of sp³-hybridized carbons (Fsp3) is 0.556. The lowest BCUT2D eigenvalue weighted by atomic mass is 10.2. The van der Waals surface area contributed by atoms with E-state index >= 15 is 0 Å². The molecule has 0 radical (unpaired) electrons. The Labute approximate surface area is 83.5 Å². The van der Waals surface area contributed by atoms with E-state index in [0.29, 0.717) is 4.90 Å². The third kappa shape index (κ3) is 1.20. The summed E-state index contributed by atoms with van der Waals surface area (Å²) in [6.07, 6.45) is -3.95. The van der Waals surface area contributed by atoms with E-state index in [1.54, 1.807) is 0 Å². The molecule has 2 rings (SSSR count). The van der Waals surface area contributed by atoms with Crippen LogP contribution in [0.1, 0.15) is 19.8 Å². The molecule has 0 bridgehead atoms. The summed E-state index contributed by atoms with van der Waals surface area (Å²) in [5.74, 6) is -1.68. The quantitative estimate of drug-likeness (QED) is 0.625. The van der Waals surface area contributed by atoms with Crippen molar-refractivity contribution in [2.75, 3.05) is 0 Å². The van der Waals surface area contributed by atoms with Crippen LogP contribution in [0.2, 0.25) is 0 Å². The van der Waals surface area contributed by atoms with E-state index in [0.717, 1.165) is 6.08 Å². The van der Waals surface area contributed by atoms with E-state index in [1.807, 2.05) is 0 Å². The fourth-order valence-electron chi connectivity index (χ4n) is 1.75. The Bertz CT molecular complexity index is 379. The van der Waals surface area contributed by atoms with Crippen LogP contribution in [-0.2, 0) is 9.59 Å². The summed E-state index contributed by atoms with van der Waals surface area (Å²) < 4.78 is 38.0. The number of nitrogens with zero attached hydrogens (tertiary/aromatic N) is 1. The van der Waals surface area contributed by atoms with Gasteiger partial charge in [-0.1, -0.05) is 0 Å². The molecule has 0 saturated heterocycles. The lowest BCUT2D eigenvalue weighted by Crippen LogP contribution is -2.51. The lowest BCUT2D eigenvalue weighted by Gasteiger charge is -2.28. The Morgan fingerprint density at radius 3 is 2.13 bits per heavy atom. The van der Waals surface area contributed by atoms with Crippen molar-refractivity contribution >= 4 is 11.8 Å². The van der Waals surface area contributed by atoms with Crippen LogP contribution in [0.3, 0.4) is 0 Å². The van der Waals surface area contributed by atoms with E-state index < -0.39 is 23.5 Å². The van der Waals surface area contributed by atoms with Crippen LogP contribution >= 0.6 is 0 Å². The Morgan fingerprint density at radius 2 is 1.87 bits per heavy atom. The third-order valence-electron chi connectivity index (χ3n) is 2.78. The minimum absolute atomic E-state index is 0.0653. The zero-order valence-electron chi connectivity index (χ0n) is 7.89. The van der Waals surface area contributed by atoms with Gasteiger partial charge in [-0.25, -0.2) is 0 Å². The molecule has 3 nitrogen and oxygen atoms in total. The number of halogens is 3. The van der Waals surface area contributed by atoms with E-state index in [9.17, 15) is 22.8 Å². The van der Waals surface area contributed by atoms with E-state index in [2.05, 4.69) is 0 Å². The summed E-state index contributed by atoms with van der Waals surface area (Å²) >= 11 is 0. The molecule has 1 heterocycles. The van der Waals surface area contributed by atoms with Crippen LogP contribution in [-0.4, -0.2) is 28.4 Å². The number of carbonyl (C=O) groups excluding carboxylic acids is 2. The predicted octanol–water partition coefficient (Wildman–Crippen LogP) is 1.40. The summed E-state index contributed by atoms with van der Waals surface area (Å²) in [7, 11) is 0. The van der Waals surface area contributed by atoms with Crippen molar-refractivity contribution in [2.24, 2.45) is 0 Å². The molecule has 2 aliphatic rings. The first-order valence-electron chi connectivity index (χ1n) is 4.43. The fourth-order valence-corrected chi connectivity index (χ4v) is 1.75. The summed E-state index contributed by atoms with van der Waals surface area (Å²) in [5, 5.41) is 0.